The van der Waals surface area contributed by atoms with Crippen LogP contribution in [0.5, 0.6) is 5.75 Å². The van der Waals surface area contributed by atoms with Gasteiger partial charge in [0.15, 0.2) is 0 Å². The molecule has 0 bridgehead atoms. The zero-order chi connectivity index (χ0) is 25.2. The van der Waals surface area contributed by atoms with Crippen LogP contribution in [0.1, 0.15) is 30.5 Å². The van der Waals surface area contributed by atoms with Gasteiger partial charge in [-0.15, -0.1) is 0 Å². The van der Waals surface area contributed by atoms with Gasteiger partial charge in [-0.05, 0) is 66.6 Å². The highest BCUT2D eigenvalue weighted by Crippen LogP contribution is 2.38. The molecule has 4 rings (SSSR count). The van der Waals surface area contributed by atoms with Gasteiger partial charge >= 0.3 is 0 Å². The Morgan fingerprint density at radius 1 is 1.03 bits per heavy atom. The van der Waals surface area contributed by atoms with Crippen molar-refractivity contribution in [2.24, 2.45) is 5.10 Å². The molecule has 184 valence electrons. The molecule has 0 saturated heterocycles. The van der Waals surface area contributed by atoms with E-state index in [1.54, 1.807) is 48.5 Å². The van der Waals surface area contributed by atoms with E-state index in [1.165, 1.54) is 26.2 Å². The third-order valence-corrected chi connectivity index (χ3v) is 8.56. The van der Waals surface area contributed by atoms with E-state index in [4.69, 9.17) is 4.74 Å². The summed E-state index contributed by atoms with van der Waals surface area (Å²) in [5.41, 5.74) is 2.05. The Hall–Kier alpha value is -3.44. The molecule has 1 N–H and O–H groups in total. The molecular weight excluding hydrogens is 493 g/mol. The summed E-state index contributed by atoms with van der Waals surface area (Å²) in [7, 11) is -6.10. The number of hydrogen-bond donors (Lipinski definition) is 1. The maximum absolute atomic E-state index is 13.5. The van der Waals surface area contributed by atoms with E-state index in [-0.39, 0.29) is 17.1 Å². The fraction of sp³-hybridized carbons (Fsp3) is 0.208. The molecule has 35 heavy (non-hydrogen) atoms. The standard InChI is InChI=1S/C24H24FN3O5S2/c1-3-34(29,30)27-20-8-4-6-17(14-20)23-16-24(18-7-5-9-21(15-18)33-2)28(26-23)35(31,32)22-12-10-19(25)11-13-22/h4-15,24,27H,3,16H2,1-2H3/t24-/m0/s1. The average molecular weight is 518 g/mol. The van der Waals surface area contributed by atoms with Gasteiger partial charge in [-0.1, -0.05) is 24.3 Å². The van der Waals surface area contributed by atoms with Gasteiger partial charge in [-0.25, -0.2) is 12.8 Å². The van der Waals surface area contributed by atoms with E-state index in [1.807, 2.05) is 0 Å². The molecule has 1 heterocycles. The maximum Gasteiger partial charge on any atom is 0.279 e. The van der Waals surface area contributed by atoms with Crippen molar-refractivity contribution in [3.05, 3.63) is 89.7 Å². The van der Waals surface area contributed by atoms with Crippen LogP contribution in [0.3, 0.4) is 0 Å². The Morgan fingerprint density at radius 3 is 2.43 bits per heavy atom. The van der Waals surface area contributed by atoms with Crippen molar-refractivity contribution < 1.29 is 26.0 Å². The Labute approximate surface area is 204 Å². The first kappa shape index (κ1) is 24.7. The lowest BCUT2D eigenvalue weighted by molar-refractivity contribution is 0.368. The second kappa shape index (κ2) is 9.67. The number of benzene rings is 3. The molecule has 1 atom stereocenters. The summed E-state index contributed by atoms with van der Waals surface area (Å²) < 4.78 is 73.3. The topological polar surface area (TPSA) is 105 Å². The van der Waals surface area contributed by atoms with Crippen LogP contribution in [0.15, 0.2) is 82.8 Å². The summed E-state index contributed by atoms with van der Waals surface area (Å²) in [6.07, 6.45) is 0.234. The number of methoxy groups -OCH3 is 1. The van der Waals surface area contributed by atoms with Crippen LogP contribution in [-0.4, -0.2) is 39.8 Å². The fourth-order valence-corrected chi connectivity index (χ4v) is 5.77. The zero-order valence-electron chi connectivity index (χ0n) is 19.0. The van der Waals surface area contributed by atoms with Gasteiger partial charge < -0.3 is 4.74 Å². The van der Waals surface area contributed by atoms with Crippen molar-refractivity contribution in [3.8, 4) is 5.75 Å². The van der Waals surface area contributed by atoms with Crippen molar-refractivity contribution in [3.63, 3.8) is 0 Å². The maximum atomic E-state index is 13.5. The van der Waals surface area contributed by atoms with Crippen LogP contribution in [0.25, 0.3) is 0 Å². The first-order valence-corrected chi connectivity index (χ1v) is 13.8. The summed E-state index contributed by atoms with van der Waals surface area (Å²) in [5.74, 6) is -0.0731. The highest BCUT2D eigenvalue weighted by Gasteiger charge is 2.38. The van der Waals surface area contributed by atoms with Crippen LogP contribution < -0.4 is 9.46 Å². The minimum Gasteiger partial charge on any atom is -0.497 e. The molecule has 0 aromatic heterocycles. The predicted molar refractivity (Wildman–Crippen MR) is 132 cm³/mol. The van der Waals surface area contributed by atoms with Crippen molar-refractivity contribution >= 4 is 31.4 Å². The second-order valence-electron chi connectivity index (χ2n) is 7.86. The molecule has 0 radical (unpaired) electrons. The number of hydrazone groups is 1. The molecule has 1 aliphatic rings. The molecule has 0 spiro atoms. The van der Waals surface area contributed by atoms with Crippen LogP contribution in [-0.2, 0) is 20.0 Å². The van der Waals surface area contributed by atoms with E-state index in [2.05, 4.69) is 9.82 Å². The van der Waals surface area contributed by atoms with Crippen molar-refractivity contribution in [1.29, 1.82) is 0 Å². The third-order valence-electron chi connectivity index (χ3n) is 5.56. The lowest BCUT2D eigenvalue weighted by Gasteiger charge is -2.23. The van der Waals surface area contributed by atoms with Gasteiger partial charge in [0.1, 0.15) is 11.6 Å². The zero-order valence-corrected chi connectivity index (χ0v) is 20.7. The quantitative estimate of drug-likeness (QED) is 0.484. The van der Waals surface area contributed by atoms with Crippen molar-refractivity contribution in [2.45, 2.75) is 24.3 Å². The monoisotopic (exact) mass is 517 g/mol. The molecule has 0 unspecified atom stereocenters. The number of hydrogen-bond acceptors (Lipinski definition) is 6. The van der Waals surface area contributed by atoms with Gasteiger partial charge in [0.25, 0.3) is 10.0 Å². The molecule has 0 saturated carbocycles. The lowest BCUT2D eigenvalue weighted by atomic mass is 9.99. The van der Waals surface area contributed by atoms with E-state index in [0.29, 0.717) is 28.3 Å². The summed E-state index contributed by atoms with van der Waals surface area (Å²) in [5, 5.41) is 4.45. The lowest BCUT2D eigenvalue weighted by Crippen LogP contribution is -2.27. The van der Waals surface area contributed by atoms with Crippen LogP contribution in [0, 0.1) is 5.82 Å². The van der Waals surface area contributed by atoms with Crippen molar-refractivity contribution in [2.75, 3.05) is 17.6 Å². The SMILES string of the molecule is CCS(=O)(=O)Nc1cccc(C2=NN(S(=O)(=O)c3ccc(F)cc3)[C@H](c3cccc(OC)c3)C2)c1. The highest BCUT2D eigenvalue weighted by molar-refractivity contribution is 7.92. The van der Waals surface area contributed by atoms with Gasteiger partial charge in [0, 0.05) is 12.1 Å². The summed E-state index contributed by atoms with van der Waals surface area (Å²) >= 11 is 0. The van der Waals surface area contributed by atoms with Gasteiger partial charge in [0.05, 0.1) is 29.5 Å². The minimum atomic E-state index is -4.13. The Bertz CT molecular complexity index is 1470. The van der Waals surface area contributed by atoms with Gasteiger partial charge in [-0.2, -0.15) is 17.9 Å². The largest absolute Gasteiger partial charge is 0.497 e. The minimum absolute atomic E-state index is 0.0836. The molecule has 11 heteroatoms. The normalized spacial score (nSPS) is 16.1. The summed E-state index contributed by atoms with van der Waals surface area (Å²) in [6, 6.07) is 17.5. The average Bonchev–Trinajstić information content (AvgIpc) is 3.31. The molecule has 8 nitrogen and oxygen atoms in total. The number of anilines is 1. The summed E-state index contributed by atoms with van der Waals surface area (Å²) in [4.78, 5) is -0.0961. The molecular formula is C24H24FN3O5S2. The van der Waals surface area contributed by atoms with Gasteiger partial charge in [0.2, 0.25) is 10.0 Å². The Morgan fingerprint density at radius 2 is 1.74 bits per heavy atom. The predicted octanol–water partition coefficient (Wildman–Crippen LogP) is 4.14. The van der Waals surface area contributed by atoms with E-state index >= 15 is 0 Å². The van der Waals surface area contributed by atoms with Crippen LogP contribution in [0.4, 0.5) is 10.1 Å². The van der Waals surface area contributed by atoms with Gasteiger partial charge in [-0.3, -0.25) is 4.72 Å². The van der Waals surface area contributed by atoms with Crippen LogP contribution in [0.2, 0.25) is 0 Å². The van der Waals surface area contributed by atoms with E-state index in [9.17, 15) is 21.2 Å². The summed E-state index contributed by atoms with van der Waals surface area (Å²) in [6.45, 7) is 1.53. The molecule has 0 aliphatic carbocycles. The number of sulfonamides is 2. The second-order valence-corrected chi connectivity index (χ2v) is 11.7. The Kier molecular flexibility index (Phi) is 6.82. The molecule has 3 aromatic rings. The number of ether oxygens (including phenoxy) is 1. The number of halogens is 1. The first-order valence-electron chi connectivity index (χ1n) is 10.8. The number of nitrogens with zero attached hydrogens (tertiary/aromatic N) is 2. The smallest absolute Gasteiger partial charge is 0.279 e. The van der Waals surface area contributed by atoms with E-state index < -0.39 is 31.9 Å². The van der Waals surface area contributed by atoms with E-state index in [0.717, 1.165) is 16.5 Å². The fourth-order valence-electron chi connectivity index (χ4n) is 3.71. The van der Waals surface area contributed by atoms with Crippen molar-refractivity contribution in [1.82, 2.24) is 4.41 Å². The highest BCUT2D eigenvalue weighted by atomic mass is 32.2. The molecule has 0 amide bonds. The number of rotatable bonds is 8. The molecule has 1 aliphatic heterocycles. The molecule has 3 aromatic carbocycles. The third kappa shape index (κ3) is 5.30. The molecule has 0 fully saturated rings. The van der Waals surface area contributed by atoms with Crippen LogP contribution >= 0.6 is 0 Å². The Balaban J connectivity index is 1.78. The number of nitrogens with one attached hydrogen (secondary N) is 1. The first-order chi connectivity index (χ1) is 16.6.